The number of carbonyl (C=O) groups excluding carboxylic acids is 4. The lowest BCUT2D eigenvalue weighted by molar-refractivity contribution is -0.222. The van der Waals surface area contributed by atoms with E-state index in [4.69, 9.17) is 16.3 Å². The SMILES string of the molecule is C[C@H]1CC2[C@@H]3CCC4=CC(=O)C=C[C@]4(C)C3(Cl)[C@@H](OC(=O)C(F)(F)F)C[C@]2(C)[C@@]1(O)C(=O)COC(=O)C(F)(F)F. The normalized spacial score (nSPS) is 40.9. The van der Waals surface area contributed by atoms with E-state index in [1.54, 1.807) is 6.92 Å². The van der Waals surface area contributed by atoms with E-state index >= 15 is 0 Å². The minimum Gasteiger partial charge on any atom is -0.454 e. The van der Waals surface area contributed by atoms with Crippen molar-refractivity contribution in [2.45, 2.75) is 75.4 Å². The van der Waals surface area contributed by atoms with Gasteiger partial charge < -0.3 is 14.6 Å². The lowest BCUT2D eigenvalue weighted by atomic mass is 9.45. The van der Waals surface area contributed by atoms with E-state index in [-0.39, 0.29) is 18.6 Å². The fourth-order valence-corrected chi connectivity index (χ4v) is 8.32. The van der Waals surface area contributed by atoms with Crippen LogP contribution >= 0.6 is 11.6 Å². The average molecular weight is 601 g/mol. The number of ketones is 2. The summed E-state index contributed by atoms with van der Waals surface area (Å²) in [6.45, 7) is 3.03. The summed E-state index contributed by atoms with van der Waals surface area (Å²) in [6, 6.07) is 0. The molecule has 40 heavy (non-hydrogen) atoms. The number of ether oxygens (including phenoxy) is 2. The number of esters is 2. The maximum atomic E-state index is 13.4. The third-order valence-electron chi connectivity index (χ3n) is 9.67. The van der Waals surface area contributed by atoms with Gasteiger partial charge >= 0.3 is 24.3 Å². The largest absolute Gasteiger partial charge is 0.490 e. The highest BCUT2D eigenvalue weighted by molar-refractivity contribution is 6.26. The molecule has 0 radical (unpaired) electrons. The molecule has 0 aromatic rings. The van der Waals surface area contributed by atoms with Gasteiger partial charge in [-0.05, 0) is 55.6 Å². The van der Waals surface area contributed by atoms with Crippen LogP contribution in [-0.2, 0) is 28.7 Å². The van der Waals surface area contributed by atoms with E-state index in [0.717, 1.165) is 0 Å². The maximum absolute atomic E-state index is 13.4. The first kappa shape index (κ1) is 30.5. The molecule has 3 saturated carbocycles. The highest BCUT2D eigenvalue weighted by Crippen LogP contribution is 2.72. The number of carbonyl (C=O) groups is 4. The molecule has 0 amide bonds. The number of halogens is 7. The third kappa shape index (κ3) is 4.21. The molecule has 0 aromatic heterocycles. The van der Waals surface area contributed by atoms with Gasteiger partial charge in [-0.3, -0.25) is 9.59 Å². The van der Waals surface area contributed by atoms with Crippen LogP contribution in [0.3, 0.4) is 0 Å². The Kier molecular flexibility index (Phi) is 7.10. The predicted octanol–water partition coefficient (Wildman–Crippen LogP) is 4.39. The van der Waals surface area contributed by atoms with Gasteiger partial charge in [0.05, 0.1) is 4.87 Å². The number of rotatable bonds is 4. The number of fused-ring (bicyclic) bond motifs is 5. The van der Waals surface area contributed by atoms with E-state index in [0.29, 0.717) is 12.0 Å². The molecule has 2 unspecified atom stereocenters. The molecule has 0 spiro atoms. The van der Waals surface area contributed by atoms with Gasteiger partial charge in [0.15, 0.2) is 12.4 Å². The Labute approximate surface area is 229 Å². The van der Waals surface area contributed by atoms with Crippen molar-refractivity contribution in [2.24, 2.45) is 28.6 Å². The Balaban J connectivity index is 1.80. The summed E-state index contributed by atoms with van der Waals surface area (Å²) in [5, 5.41) is 11.8. The number of aliphatic hydroxyl groups is 1. The van der Waals surface area contributed by atoms with Crippen molar-refractivity contribution >= 4 is 35.1 Å². The zero-order valence-electron chi connectivity index (χ0n) is 21.6. The summed E-state index contributed by atoms with van der Waals surface area (Å²) < 4.78 is 87.2. The van der Waals surface area contributed by atoms with Crippen molar-refractivity contribution in [2.75, 3.05) is 6.61 Å². The minimum atomic E-state index is -5.41. The number of hydrogen-bond donors (Lipinski definition) is 1. The van der Waals surface area contributed by atoms with Gasteiger partial charge in [0, 0.05) is 10.8 Å². The summed E-state index contributed by atoms with van der Waals surface area (Å²) in [5.41, 5.74) is -4.82. The van der Waals surface area contributed by atoms with Crippen LogP contribution in [0.5, 0.6) is 0 Å². The Bertz CT molecular complexity index is 1210. The van der Waals surface area contributed by atoms with Gasteiger partial charge in [-0.2, -0.15) is 26.3 Å². The lowest BCUT2D eigenvalue weighted by Gasteiger charge is -2.64. The molecule has 4 aliphatic rings. The molecule has 8 atom stereocenters. The van der Waals surface area contributed by atoms with Gasteiger partial charge in [-0.25, -0.2) is 9.59 Å². The summed E-state index contributed by atoms with van der Waals surface area (Å²) in [6.07, 6.45) is -8.50. The molecule has 7 nitrogen and oxygen atoms in total. The standard InChI is InChI=1S/C26H27ClF6O7/c1-12-8-16-15-5-4-13-9-14(34)6-7-21(13,2)23(15,27)18(40-20(37)26(31,32)33)10-22(16,3)24(12,38)17(35)11-39-19(36)25(28,29)30/h6-7,9,12,15-16,18,38H,4-5,8,10-11H2,1-3H3/t12-,15-,16?,18-,21-,22-,23?,24-/m0/s1. The zero-order chi connectivity index (χ0) is 30.3. The molecular weight excluding hydrogens is 574 g/mol. The van der Waals surface area contributed by atoms with Crippen LogP contribution in [0.1, 0.15) is 46.5 Å². The van der Waals surface area contributed by atoms with Crippen LogP contribution in [0, 0.1) is 28.6 Å². The second kappa shape index (κ2) is 9.30. The van der Waals surface area contributed by atoms with E-state index < -0.39 is 88.3 Å². The van der Waals surface area contributed by atoms with E-state index in [1.807, 2.05) is 0 Å². The Morgan fingerprint density at radius 2 is 1.68 bits per heavy atom. The monoisotopic (exact) mass is 600 g/mol. The van der Waals surface area contributed by atoms with Gasteiger partial charge in [-0.1, -0.05) is 32.4 Å². The van der Waals surface area contributed by atoms with Gasteiger partial charge in [-0.15, -0.1) is 11.6 Å². The van der Waals surface area contributed by atoms with Gasteiger partial charge in [0.25, 0.3) is 0 Å². The first-order chi connectivity index (χ1) is 18.1. The second-order valence-electron chi connectivity index (χ2n) is 11.5. The molecular formula is C26H27ClF6O7. The zero-order valence-corrected chi connectivity index (χ0v) is 22.4. The quantitative estimate of drug-likeness (QED) is 0.290. The fourth-order valence-electron chi connectivity index (χ4n) is 7.75. The fraction of sp³-hybridized carbons (Fsp3) is 0.692. The predicted molar refractivity (Wildman–Crippen MR) is 125 cm³/mol. The molecule has 1 N–H and O–H groups in total. The summed E-state index contributed by atoms with van der Waals surface area (Å²) in [4.78, 5) is 46.9. The summed E-state index contributed by atoms with van der Waals surface area (Å²) in [5.74, 6) is -9.18. The van der Waals surface area contributed by atoms with Crippen molar-refractivity contribution in [3.8, 4) is 0 Å². The molecule has 4 rings (SSSR count). The highest BCUT2D eigenvalue weighted by Gasteiger charge is 2.76. The Morgan fingerprint density at radius 3 is 2.25 bits per heavy atom. The number of allylic oxidation sites excluding steroid dienone is 4. The molecule has 222 valence electrons. The van der Waals surface area contributed by atoms with Crippen molar-refractivity contribution < 1.29 is 60.1 Å². The van der Waals surface area contributed by atoms with Crippen LogP contribution in [0.25, 0.3) is 0 Å². The topological polar surface area (TPSA) is 107 Å². The number of hydrogen-bond acceptors (Lipinski definition) is 7. The summed E-state index contributed by atoms with van der Waals surface area (Å²) in [7, 11) is 0. The van der Waals surface area contributed by atoms with Crippen LogP contribution in [-0.4, -0.2) is 64.2 Å². The minimum absolute atomic E-state index is 0.100. The first-order valence-corrected chi connectivity index (χ1v) is 12.9. The van der Waals surface area contributed by atoms with Crippen molar-refractivity contribution in [1.29, 1.82) is 0 Å². The van der Waals surface area contributed by atoms with Gasteiger partial charge in [0.2, 0.25) is 5.78 Å². The maximum Gasteiger partial charge on any atom is 0.490 e. The molecule has 0 aromatic carbocycles. The van der Waals surface area contributed by atoms with Gasteiger partial charge in [0.1, 0.15) is 11.7 Å². The number of alkyl halides is 7. The van der Waals surface area contributed by atoms with Crippen molar-refractivity contribution in [3.63, 3.8) is 0 Å². The average Bonchev–Trinajstić information content (AvgIpc) is 3.03. The highest BCUT2D eigenvalue weighted by atomic mass is 35.5. The van der Waals surface area contributed by atoms with Crippen LogP contribution in [0.4, 0.5) is 26.3 Å². The lowest BCUT2D eigenvalue weighted by Crippen LogP contribution is -2.70. The van der Waals surface area contributed by atoms with Crippen LogP contribution < -0.4 is 0 Å². The molecule has 0 saturated heterocycles. The second-order valence-corrected chi connectivity index (χ2v) is 12.2. The molecule has 4 aliphatic carbocycles. The Hall–Kier alpha value is -2.41. The molecule has 0 aliphatic heterocycles. The molecule has 0 heterocycles. The van der Waals surface area contributed by atoms with E-state index in [1.165, 1.54) is 32.1 Å². The Morgan fingerprint density at radius 1 is 1.07 bits per heavy atom. The van der Waals surface area contributed by atoms with E-state index in [2.05, 4.69) is 4.74 Å². The number of Topliss-reactive ketones (excluding diaryl/α,β-unsaturated/α-hetero) is 1. The van der Waals surface area contributed by atoms with Crippen molar-refractivity contribution in [1.82, 2.24) is 0 Å². The smallest absolute Gasteiger partial charge is 0.454 e. The molecule has 0 bridgehead atoms. The van der Waals surface area contributed by atoms with Crippen molar-refractivity contribution in [3.05, 3.63) is 23.8 Å². The van der Waals surface area contributed by atoms with E-state index in [9.17, 15) is 50.6 Å². The molecule has 3 fully saturated rings. The van der Waals surface area contributed by atoms with Crippen LogP contribution in [0.15, 0.2) is 23.8 Å². The van der Waals surface area contributed by atoms with Crippen LogP contribution in [0.2, 0.25) is 0 Å². The third-order valence-corrected chi connectivity index (χ3v) is 10.6. The molecule has 14 heteroatoms. The first-order valence-electron chi connectivity index (χ1n) is 12.5. The summed E-state index contributed by atoms with van der Waals surface area (Å²) >= 11 is 7.29.